The van der Waals surface area contributed by atoms with Crippen molar-refractivity contribution in [2.75, 3.05) is 0 Å². The Bertz CT molecular complexity index is 1220. The molecule has 0 aliphatic carbocycles. The van der Waals surface area contributed by atoms with Crippen molar-refractivity contribution in [3.63, 3.8) is 0 Å². The monoisotopic (exact) mass is 366 g/mol. The summed E-state index contributed by atoms with van der Waals surface area (Å²) in [5.74, 6) is 0.812. The fourth-order valence-electron chi connectivity index (χ4n) is 3.84. The van der Waals surface area contributed by atoms with Crippen LogP contribution in [0.5, 0.6) is 5.75 Å². The molecule has 26 heavy (non-hydrogen) atoms. The lowest BCUT2D eigenvalue weighted by atomic mass is 9.93. The summed E-state index contributed by atoms with van der Waals surface area (Å²) < 4.78 is 10.4. The molecule has 2 bridgehead atoms. The van der Waals surface area contributed by atoms with E-state index in [1.165, 1.54) is 11.3 Å². The molecule has 0 saturated carbocycles. The van der Waals surface area contributed by atoms with E-state index in [1.807, 2.05) is 61.9 Å². The van der Waals surface area contributed by atoms with E-state index < -0.39 is 5.72 Å². The van der Waals surface area contributed by atoms with Gasteiger partial charge in [-0.05, 0) is 32.1 Å². The highest BCUT2D eigenvalue weighted by Gasteiger charge is 2.42. The lowest BCUT2D eigenvalue weighted by molar-refractivity contribution is 0.0410. The van der Waals surface area contributed by atoms with Gasteiger partial charge >= 0.3 is 0 Å². The number of fused-ring (bicyclic) bond motifs is 6. The van der Waals surface area contributed by atoms with Crippen LogP contribution in [0.2, 0.25) is 0 Å². The average molecular weight is 366 g/mol. The van der Waals surface area contributed by atoms with Crippen molar-refractivity contribution in [1.82, 2.24) is 14.3 Å². The second-order valence-electron chi connectivity index (χ2n) is 7.05. The molecule has 2 aliphatic heterocycles. The summed E-state index contributed by atoms with van der Waals surface area (Å²) in [6.45, 7) is 3.93. The molecule has 1 aromatic carbocycles. The number of hydrogen-bond donors (Lipinski definition) is 0. The number of aromatic nitrogens is 3. The standard InChI is InChI=1S/C19H18N4O2S/c1-11-8-12(22(3)21-11)9-16-17(24)23-14-10-19(2,20-18(23)26-16)25-15-7-5-4-6-13(14)15/h4-9,14H,10H2,1-3H3/b16-9-. The van der Waals surface area contributed by atoms with Crippen molar-refractivity contribution in [2.45, 2.75) is 32.0 Å². The summed E-state index contributed by atoms with van der Waals surface area (Å²) >= 11 is 1.41. The van der Waals surface area contributed by atoms with Crippen LogP contribution in [0.4, 0.5) is 0 Å². The van der Waals surface area contributed by atoms with Gasteiger partial charge in [0.25, 0.3) is 5.56 Å². The quantitative estimate of drug-likeness (QED) is 0.656. The van der Waals surface area contributed by atoms with Crippen molar-refractivity contribution >= 4 is 17.4 Å². The van der Waals surface area contributed by atoms with Gasteiger partial charge in [-0.2, -0.15) is 5.10 Å². The predicted octanol–water partition coefficient (Wildman–Crippen LogP) is 1.50. The van der Waals surface area contributed by atoms with Gasteiger partial charge in [0.15, 0.2) is 4.80 Å². The Labute approximate surface area is 153 Å². The number of benzene rings is 1. The second kappa shape index (κ2) is 5.17. The molecule has 2 unspecified atom stereocenters. The maximum atomic E-state index is 13.2. The number of para-hydroxylation sites is 1. The zero-order valence-corrected chi connectivity index (χ0v) is 15.6. The van der Waals surface area contributed by atoms with Crippen molar-refractivity contribution in [1.29, 1.82) is 0 Å². The Balaban J connectivity index is 1.77. The second-order valence-corrected chi connectivity index (χ2v) is 8.06. The van der Waals surface area contributed by atoms with Crippen LogP contribution in [0.25, 0.3) is 6.08 Å². The number of nitrogens with zero attached hydrogens (tertiary/aromatic N) is 4. The van der Waals surface area contributed by atoms with Crippen molar-refractivity contribution in [3.8, 4) is 5.75 Å². The third-order valence-corrected chi connectivity index (χ3v) is 5.96. The number of thiazole rings is 1. The lowest BCUT2D eigenvalue weighted by Gasteiger charge is -2.39. The lowest BCUT2D eigenvalue weighted by Crippen LogP contribution is -2.49. The molecule has 2 atom stereocenters. The largest absolute Gasteiger partial charge is 0.466 e. The molecule has 2 aliphatic rings. The van der Waals surface area contributed by atoms with E-state index in [4.69, 9.17) is 9.73 Å². The van der Waals surface area contributed by atoms with Crippen LogP contribution in [0.1, 0.15) is 36.3 Å². The summed E-state index contributed by atoms with van der Waals surface area (Å²) in [5.41, 5.74) is 2.25. The van der Waals surface area contributed by atoms with E-state index in [9.17, 15) is 4.79 Å². The van der Waals surface area contributed by atoms with Crippen LogP contribution in [0.15, 0.2) is 40.1 Å². The molecule has 0 N–H and O–H groups in total. The molecule has 3 aromatic rings. The summed E-state index contributed by atoms with van der Waals surface area (Å²) in [6, 6.07) is 9.84. The number of rotatable bonds is 1. The van der Waals surface area contributed by atoms with E-state index in [1.54, 1.807) is 4.68 Å². The first kappa shape index (κ1) is 15.6. The first-order valence-corrected chi connectivity index (χ1v) is 9.37. The molecule has 0 radical (unpaired) electrons. The fraction of sp³-hybridized carbons (Fsp3) is 0.316. The zero-order chi connectivity index (χ0) is 18.1. The van der Waals surface area contributed by atoms with Crippen molar-refractivity contribution in [2.24, 2.45) is 12.0 Å². The Morgan fingerprint density at radius 1 is 1.38 bits per heavy atom. The highest BCUT2D eigenvalue weighted by Crippen LogP contribution is 2.42. The molecule has 5 rings (SSSR count). The van der Waals surface area contributed by atoms with E-state index >= 15 is 0 Å². The molecule has 0 amide bonds. The van der Waals surface area contributed by atoms with E-state index in [2.05, 4.69) is 5.10 Å². The van der Waals surface area contributed by atoms with Gasteiger partial charge in [0.2, 0.25) is 5.72 Å². The Morgan fingerprint density at radius 3 is 2.96 bits per heavy atom. The van der Waals surface area contributed by atoms with Gasteiger partial charge < -0.3 is 4.74 Å². The normalized spacial score (nSPS) is 23.8. The van der Waals surface area contributed by atoms with E-state index in [-0.39, 0.29) is 11.6 Å². The van der Waals surface area contributed by atoms with Crippen LogP contribution in [-0.4, -0.2) is 20.1 Å². The van der Waals surface area contributed by atoms with Crippen LogP contribution in [-0.2, 0) is 7.05 Å². The third-order valence-electron chi connectivity index (χ3n) is 4.98. The minimum atomic E-state index is -0.628. The SMILES string of the molecule is Cc1cc(/C=c2\sc3n(c2=O)C2CC(C)(N=3)Oc3ccccc32)n(C)n1. The van der Waals surface area contributed by atoms with Gasteiger partial charge in [-0.3, -0.25) is 14.0 Å². The molecular weight excluding hydrogens is 348 g/mol. The van der Waals surface area contributed by atoms with E-state index in [0.717, 1.165) is 22.7 Å². The van der Waals surface area contributed by atoms with E-state index in [0.29, 0.717) is 15.8 Å². The van der Waals surface area contributed by atoms with Crippen LogP contribution in [0.3, 0.4) is 0 Å². The predicted molar refractivity (Wildman–Crippen MR) is 99.1 cm³/mol. The number of aryl methyl sites for hydroxylation is 2. The summed E-state index contributed by atoms with van der Waals surface area (Å²) in [4.78, 5) is 18.6. The summed E-state index contributed by atoms with van der Waals surface area (Å²) in [7, 11) is 1.88. The molecular formula is C19H18N4O2S. The molecule has 132 valence electrons. The van der Waals surface area contributed by atoms with Gasteiger partial charge in [0.1, 0.15) is 5.75 Å². The molecule has 7 heteroatoms. The number of ether oxygens (including phenoxy) is 1. The first-order valence-electron chi connectivity index (χ1n) is 8.55. The van der Waals surface area contributed by atoms with Gasteiger partial charge in [0.05, 0.1) is 22.0 Å². The maximum Gasteiger partial charge on any atom is 0.270 e. The van der Waals surface area contributed by atoms with Crippen molar-refractivity contribution < 1.29 is 4.74 Å². The minimum Gasteiger partial charge on any atom is -0.466 e. The summed E-state index contributed by atoms with van der Waals surface area (Å²) in [6.07, 6.45) is 2.56. The topological polar surface area (TPSA) is 61.4 Å². The molecule has 0 fully saturated rings. The third kappa shape index (κ3) is 2.20. The van der Waals surface area contributed by atoms with Crippen LogP contribution < -0.4 is 19.6 Å². The van der Waals surface area contributed by atoms with Gasteiger partial charge in [-0.25, -0.2) is 4.99 Å². The average Bonchev–Trinajstić information content (AvgIpc) is 3.05. The van der Waals surface area contributed by atoms with Crippen LogP contribution in [0, 0.1) is 6.92 Å². The van der Waals surface area contributed by atoms with Gasteiger partial charge in [0, 0.05) is 19.0 Å². The Morgan fingerprint density at radius 2 is 2.19 bits per heavy atom. The van der Waals surface area contributed by atoms with Gasteiger partial charge in [-0.15, -0.1) is 0 Å². The molecule has 0 spiro atoms. The summed E-state index contributed by atoms with van der Waals surface area (Å²) in [5, 5.41) is 4.35. The molecule has 4 heterocycles. The Hall–Kier alpha value is -2.67. The van der Waals surface area contributed by atoms with Crippen molar-refractivity contribution in [3.05, 3.63) is 67.0 Å². The smallest absolute Gasteiger partial charge is 0.270 e. The fourth-order valence-corrected chi connectivity index (χ4v) is 4.95. The Kier molecular flexibility index (Phi) is 3.10. The zero-order valence-electron chi connectivity index (χ0n) is 14.8. The van der Waals surface area contributed by atoms with Crippen LogP contribution >= 0.6 is 11.3 Å². The highest BCUT2D eigenvalue weighted by atomic mass is 32.1. The highest BCUT2D eigenvalue weighted by molar-refractivity contribution is 7.07. The maximum absolute atomic E-state index is 13.2. The molecule has 0 saturated heterocycles. The molecule has 6 nitrogen and oxygen atoms in total. The molecule has 2 aromatic heterocycles. The van der Waals surface area contributed by atoms with Gasteiger partial charge in [-0.1, -0.05) is 29.5 Å². The first-order chi connectivity index (χ1) is 12.4. The minimum absolute atomic E-state index is 0.00337. The number of hydrogen-bond acceptors (Lipinski definition) is 5.